The van der Waals surface area contributed by atoms with E-state index in [0.29, 0.717) is 29.4 Å². The molecule has 250 valence electrons. The summed E-state index contributed by atoms with van der Waals surface area (Å²) < 4.78 is 18.2. The number of ether oxygens (including phenoxy) is 3. The molecule has 6 heteroatoms. The zero-order chi connectivity index (χ0) is 33.1. The van der Waals surface area contributed by atoms with Gasteiger partial charge in [-0.1, -0.05) is 60.6 Å². The molecule has 5 aliphatic carbocycles. The van der Waals surface area contributed by atoms with Crippen molar-refractivity contribution < 1.29 is 28.9 Å². The standard InChI is InChI=1S/C40H54O6/c1-24-13-19-39-22-21-38(7)37(6)18-14-29-35(3,4)31(45-32(42)12-10-26-9-11-27(41)28(23-26)44-8)16-17-36(29,5)30(37)15-20-40(38,46-34(39)43)33(39)25(24)2/h9-12,15,20,23-25,29-31,33,41H,13-14,16-19,21-22H2,1-8H3/b12-10+/t24-,25+,29-,30-,31+,33+,36+,37-,38+,39+,40+/m1/s1. The molecule has 46 heavy (non-hydrogen) atoms. The van der Waals surface area contributed by atoms with E-state index in [1.165, 1.54) is 13.2 Å². The van der Waals surface area contributed by atoms with Gasteiger partial charge >= 0.3 is 11.9 Å². The first-order valence-corrected chi connectivity index (χ1v) is 17.8. The van der Waals surface area contributed by atoms with Crippen LogP contribution in [0.4, 0.5) is 0 Å². The number of carbonyl (C=O) groups is 2. The second-order valence-corrected chi connectivity index (χ2v) is 17.4. The lowest BCUT2D eigenvalue weighted by Gasteiger charge is -2.72. The van der Waals surface area contributed by atoms with Crippen molar-refractivity contribution in [1.29, 1.82) is 0 Å². The number of esters is 2. The van der Waals surface area contributed by atoms with E-state index in [1.54, 1.807) is 24.3 Å². The fourth-order valence-corrected chi connectivity index (χ4v) is 12.8. The Labute approximate surface area is 275 Å². The molecule has 4 saturated carbocycles. The van der Waals surface area contributed by atoms with Crippen molar-refractivity contribution in [2.45, 2.75) is 112 Å². The molecule has 6 aliphatic rings. The molecule has 1 N–H and O–H groups in total. The van der Waals surface area contributed by atoms with Crippen LogP contribution >= 0.6 is 0 Å². The number of aromatic hydroxyl groups is 1. The maximum absolute atomic E-state index is 13.9. The highest BCUT2D eigenvalue weighted by molar-refractivity contribution is 5.87. The van der Waals surface area contributed by atoms with Gasteiger partial charge in [0, 0.05) is 22.8 Å². The molecule has 0 radical (unpaired) electrons. The zero-order valence-corrected chi connectivity index (χ0v) is 29.2. The highest BCUT2D eigenvalue weighted by atomic mass is 16.6. The Kier molecular flexibility index (Phi) is 7.00. The fraction of sp³-hybridized carbons (Fsp3) is 0.700. The topological polar surface area (TPSA) is 82.1 Å². The molecule has 7 rings (SSSR count). The number of phenols is 1. The number of rotatable bonds is 4. The Hall–Kier alpha value is -2.76. The Bertz CT molecular complexity index is 1510. The van der Waals surface area contributed by atoms with Crippen molar-refractivity contribution in [3.05, 3.63) is 42.0 Å². The second-order valence-electron chi connectivity index (χ2n) is 17.4. The predicted octanol–water partition coefficient (Wildman–Crippen LogP) is 8.52. The minimum atomic E-state index is -0.527. The molecule has 1 aromatic rings. The van der Waals surface area contributed by atoms with Crippen molar-refractivity contribution in [2.75, 3.05) is 7.11 Å². The predicted molar refractivity (Wildman–Crippen MR) is 178 cm³/mol. The summed E-state index contributed by atoms with van der Waals surface area (Å²) in [7, 11) is 1.51. The maximum atomic E-state index is 13.9. The van der Waals surface area contributed by atoms with Crippen LogP contribution in [0.15, 0.2) is 36.4 Å². The summed E-state index contributed by atoms with van der Waals surface area (Å²) >= 11 is 0. The Morgan fingerprint density at radius 2 is 1.76 bits per heavy atom. The van der Waals surface area contributed by atoms with E-state index in [-0.39, 0.29) is 56.8 Å². The SMILES string of the molecule is COc1cc(/C=C/C(=O)O[C@H]2CC[C@@]3(C)[C@H](CC[C@]4(C)[C@@H]3C=C[C@]35OC(=O)[C@@]6(CC[C@@H](C)[C@H](C)[C@@H]63)CC[C@]54C)C2(C)C)ccc1O. The molecule has 0 unspecified atom stereocenters. The molecule has 0 aromatic heterocycles. The average Bonchev–Trinajstić information content (AvgIpc) is 3.21. The molecular formula is C40H54O6. The van der Waals surface area contributed by atoms with Gasteiger partial charge in [0.15, 0.2) is 11.5 Å². The van der Waals surface area contributed by atoms with Crippen LogP contribution in [0.3, 0.4) is 0 Å². The van der Waals surface area contributed by atoms with Gasteiger partial charge in [-0.3, -0.25) is 4.79 Å². The van der Waals surface area contributed by atoms with E-state index in [9.17, 15) is 14.7 Å². The van der Waals surface area contributed by atoms with Crippen LogP contribution in [0, 0.1) is 56.7 Å². The summed E-state index contributed by atoms with van der Waals surface area (Å²) in [5, 5.41) is 9.90. The van der Waals surface area contributed by atoms with Crippen LogP contribution in [0.1, 0.15) is 105 Å². The minimum absolute atomic E-state index is 0.00229. The third-order valence-electron chi connectivity index (χ3n) is 15.6. The van der Waals surface area contributed by atoms with Crippen LogP contribution in [-0.2, 0) is 19.1 Å². The normalized spacial score (nSPS) is 46.8. The van der Waals surface area contributed by atoms with Crippen molar-refractivity contribution in [2.24, 2.45) is 56.7 Å². The summed E-state index contributed by atoms with van der Waals surface area (Å²) in [4.78, 5) is 27.0. The summed E-state index contributed by atoms with van der Waals surface area (Å²) in [5.74, 6) is 2.20. The lowest BCUT2D eigenvalue weighted by atomic mass is 9.32. The maximum Gasteiger partial charge on any atom is 0.331 e. The van der Waals surface area contributed by atoms with Crippen molar-refractivity contribution in [1.82, 2.24) is 0 Å². The first-order valence-electron chi connectivity index (χ1n) is 17.8. The number of allylic oxidation sites excluding steroid dienone is 1. The van der Waals surface area contributed by atoms with Gasteiger partial charge in [-0.2, -0.15) is 0 Å². The fourth-order valence-electron chi connectivity index (χ4n) is 12.8. The third-order valence-corrected chi connectivity index (χ3v) is 15.6. The first-order chi connectivity index (χ1) is 21.6. The summed E-state index contributed by atoms with van der Waals surface area (Å²) in [6.45, 7) is 16.9. The van der Waals surface area contributed by atoms with E-state index < -0.39 is 5.60 Å². The monoisotopic (exact) mass is 630 g/mol. The Balaban J connectivity index is 1.16. The van der Waals surface area contributed by atoms with Gasteiger partial charge in [-0.25, -0.2) is 4.79 Å². The molecule has 1 spiro atoms. The van der Waals surface area contributed by atoms with Crippen LogP contribution in [0.2, 0.25) is 0 Å². The van der Waals surface area contributed by atoms with E-state index in [4.69, 9.17) is 14.2 Å². The molecule has 0 amide bonds. The second kappa shape index (κ2) is 10.1. The molecule has 1 heterocycles. The molecular weight excluding hydrogens is 576 g/mol. The smallest absolute Gasteiger partial charge is 0.331 e. The van der Waals surface area contributed by atoms with E-state index >= 15 is 0 Å². The molecule has 2 bridgehead atoms. The van der Waals surface area contributed by atoms with Crippen LogP contribution in [0.25, 0.3) is 6.08 Å². The number of hydrogen-bond donors (Lipinski definition) is 1. The van der Waals surface area contributed by atoms with E-state index in [0.717, 1.165) is 56.9 Å². The Morgan fingerprint density at radius 3 is 2.50 bits per heavy atom. The number of benzene rings is 1. The van der Waals surface area contributed by atoms with Gasteiger partial charge in [-0.05, 0) is 116 Å². The molecule has 1 saturated heterocycles. The molecule has 1 aromatic carbocycles. The van der Waals surface area contributed by atoms with Gasteiger partial charge < -0.3 is 19.3 Å². The van der Waals surface area contributed by atoms with Gasteiger partial charge in [0.1, 0.15) is 11.7 Å². The van der Waals surface area contributed by atoms with Gasteiger partial charge in [0.2, 0.25) is 0 Å². The lowest BCUT2D eigenvalue weighted by molar-refractivity contribution is -0.247. The largest absolute Gasteiger partial charge is 0.504 e. The zero-order valence-electron chi connectivity index (χ0n) is 29.2. The van der Waals surface area contributed by atoms with Gasteiger partial charge in [0.25, 0.3) is 0 Å². The van der Waals surface area contributed by atoms with E-state index in [1.807, 2.05) is 0 Å². The highest BCUT2D eigenvalue weighted by Gasteiger charge is 2.80. The number of methoxy groups -OCH3 is 1. The lowest BCUT2D eigenvalue weighted by Crippen LogP contribution is -2.71. The summed E-state index contributed by atoms with van der Waals surface area (Å²) in [6.07, 6.45) is 16.0. The van der Waals surface area contributed by atoms with Crippen LogP contribution in [0.5, 0.6) is 11.5 Å². The third kappa shape index (κ3) is 3.88. The Morgan fingerprint density at radius 1 is 1.00 bits per heavy atom. The molecule has 1 aliphatic heterocycles. The summed E-state index contributed by atoms with van der Waals surface area (Å²) in [5.41, 5.74) is -0.367. The van der Waals surface area contributed by atoms with Gasteiger partial charge in [-0.15, -0.1) is 0 Å². The number of hydrogen-bond acceptors (Lipinski definition) is 6. The number of phenolic OH excluding ortho intramolecular Hbond substituents is 1. The van der Waals surface area contributed by atoms with Crippen LogP contribution < -0.4 is 4.74 Å². The van der Waals surface area contributed by atoms with Crippen LogP contribution in [-0.4, -0.2) is 35.9 Å². The quantitative estimate of drug-likeness (QED) is 0.204. The van der Waals surface area contributed by atoms with E-state index in [2.05, 4.69) is 60.6 Å². The molecule has 11 atom stereocenters. The van der Waals surface area contributed by atoms with Crippen molar-refractivity contribution in [3.63, 3.8) is 0 Å². The number of carbonyl (C=O) groups excluding carboxylic acids is 2. The highest BCUT2D eigenvalue weighted by Crippen LogP contribution is 2.79. The summed E-state index contributed by atoms with van der Waals surface area (Å²) in [6, 6.07) is 5.00. The minimum Gasteiger partial charge on any atom is -0.504 e. The van der Waals surface area contributed by atoms with Gasteiger partial charge in [0.05, 0.1) is 12.5 Å². The molecule has 6 nitrogen and oxygen atoms in total. The molecule has 5 fully saturated rings. The van der Waals surface area contributed by atoms with Crippen molar-refractivity contribution in [3.8, 4) is 11.5 Å². The number of fused-ring (bicyclic) bond motifs is 4. The van der Waals surface area contributed by atoms with Crippen molar-refractivity contribution >= 4 is 18.0 Å². The average molecular weight is 631 g/mol. The first kappa shape index (κ1) is 31.8.